The van der Waals surface area contributed by atoms with E-state index in [-0.39, 0.29) is 6.10 Å². The number of rotatable bonds is 6. The Morgan fingerprint density at radius 1 is 1.47 bits per heavy atom. The van der Waals surface area contributed by atoms with Crippen molar-refractivity contribution in [3.05, 3.63) is 11.7 Å². The smallest absolute Gasteiger partial charge is 0.240 e. The minimum Gasteiger partial charge on any atom is -0.370 e. The van der Waals surface area contributed by atoms with Gasteiger partial charge < -0.3 is 14.6 Å². The number of hydrogen-bond acceptors (Lipinski definition) is 5. The molecule has 1 aromatic rings. The van der Waals surface area contributed by atoms with Gasteiger partial charge in [0.05, 0.1) is 6.54 Å². The summed E-state index contributed by atoms with van der Waals surface area (Å²) in [6, 6.07) is 0. The first kappa shape index (κ1) is 12.1. The van der Waals surface area contributed by atoms with Crippen molar-refractivity contribution in [3.8, 4) is 0 Å². The van der Waals surface area contributed by atoms with Crippen molar-refractivity contribution in [1.82, 2.24) is 15.5 Å². The second-order valence-electron chi connectivity index (χ2n) is 3.70. The minimum atomic E-state index is -0.0793. The normalized spacial score (nSPS) is 13.4. The van der Waals surface area contributed by atoms with Crippen LogP contribution in [0.4, 0.5) is 0 Å². The summed E-state index contributed by atoms with van der Waals surface area (Å²) in [5.41, 5.74) is 0. The van der Waals surface area contributed by atoms with Crippen LogP contribution in [0.1, 0.15) is 38.6 Å². The van der Waals surface area contributed by atoms with Crippen LogP contribution in [0.5, 0.6) is 0 Å². The standard InChI is InChI=1S/C10H19N3O2/c1-5-14-9(7(2)3)10-12-8(6-11-4)15-13-10/h7,9,11H,5-6H2,1-4H3. The molecule has 0 radical (unpaired) electrons. The molecule has 1 heterocycles. The molecular weight excluding hydrogens is 194 g/mol. The molecule has 0 saturated heterocycles. The van der Waals surface area contributed by atoms with Gasteiger partial charge in [0.1, 0.15) is 6.10 Å². The fraction of sp³-hybridized carbons (Fsp3) is 0.800. The molecule has 15 heavy (non-hydrogen) atoms. The van der Waals surface area contributed by atoms with E-state index in [9.17, 15) is 0 Å². The zero-order valence-corrected chi connectivity index (χ0v) is 9.78. The van der Waals surface area contributed by atoms with Crippen molar-refractivity contribution in [1.29, 1.82) is 0 Å². The summed E-state index contributed by atoms with van der Waals surface area (Å²) in [4.78, 5) is 4.27. The molecule has 86 valence electrons. The lowest BCUT2D eigenvalue weighted by molar-refractivity contribution is 0.0217. The van der Waals surface area contributed by atoms with Crippen molar-refractivity contribution in [3.63, 3.8) is 0 Å². The Labute approximate surface area is 90.2 Å². The molecule has 0 aliphatic carbocycles. The van der Waals surface area contributed by atoms with Crippen molar-refractivity contribution in [2.45, 2.75) is 33.4 Å². The Hall–Kier alpha value is -0.940. The van der Waals surface area contributed by atoms with E-state index in [1.807, 2.05) is 14.0 Å². The molecule has 5 nitrogen and oxygen atoms in total. The van der Waals surface area contributed by atoms with E-state index in [0.29, 0.717) is 30.8 Å². The van der Waals surface area contributed by atoms with Gasteiger partial charge in [-0.25, -0.2) is 0 Å². The van der Waals surface area contributed by atoms with Crippen LogP contribution in [0.3, 0.4) is 0 Å². The van der Waals surface area contributed by atoms with Crippen molar-refractivity contribution in [2.24, 2.45) is 5.92 Å². The molecule has 1 N–H and O–H groups in total. The van der Waals surface area contributed by atoms with Crippen LogP contribution in [-0.2, 0) is 11.3 Å². The largest absolute Gasteiger partial charge is 0.370 e. The van der Waals surface area contributed by atoms with Crippen LogP contribution in [0.15, 0.2) is 4.52 Å². The Bertz CT molecular complexity index is 286. The van der Waals surface area contributed by atoms with E-state index in [1.165, 1.54) is 0 Å². The average molecular weight is 213 g/mol. The molecule has 0 aromatic carbocycles. The Morgan fingerprint density at radius 2 is 2.20 bits per heavy atom. The third-order valence-electron chi connectivity index (χ3n) is 2.02. The summed E-state index contributed by atoms with van der Waals surface area (Å²) in [7, 11) is 1.84. The monoisotopic (exact) mass is 213 g/mol. The van der Waals surface area contributed by atoms with Crippen molar-refractivity contribution < 1.29 is 9.26 Å². The summed E-state index contributed by atoms with van der Waals surface area (Å²) in [5, 5.41) is 6.88. The van der Waals surface area contributed by atoms with Crippen LogP contribution in [-0.4, -0.2) is 23.8 Å². The molecule has 0 aliphatic rings. The maximum Gasteiger partial charge on any atom is 0.240 e. The fourth-order valence-electron chi connectivity index (χ4n) is 1.35. The van der Waals surface area contributed by atoms with Crippen LogP contribution in [0, 0.1) is 5.92 Å². The number of ether oxygens (including phenoxy) is 1. The highest BCUT2D eigenvalue weighted by atomic mass is 16.5. The van der Waals surface area contributed by atoms with Gasteiger partial charge in [0.2, 0.25) is 11.7 Å². The van der Waals surface area contributed by atoms with Gasteiger partial charge in [0.25, 0.3) is 0 Å². The van der Waals surface area contributed by atoms with Crippen LogP contribution >= 0.6 is 0 Å². The fourth-order valence-corrected chi connectivity index (χ4v) is 1.35. The molecule has 5 heteroatoms. The van der Waals surface area contributed by atoms with E-state index in [4.69, 9.17) is 9.26 Å². The van der Waals surface area contributed by atoms with E-state index in [0.717, 1.165) is 0 Å². The quantitative estimate of drug-likeness (QED) is 0.776. The van der Waals surface area contributed by atoms with Gasteiger partial charge in [0, 0.05) is 6.61 Å². The van der Waals surface area contributed by atoms with E-state index >= 15 is 0 Å². The van der Waals surface area contributed by atoms with E-state index < -0.39 is 0 Å². The van der Waals surface area contributed by atoms with Crippen molar-refractivity contribution >= 4 is 0 Å². The van der Waals surface area contributed by atoms with E-state index in [2.05, 4.69) is 29.3 Å². The lowest BCUT2D eigenvalue weighted by atomic mass is 10.1. The number of nitrogens with zero attached hydrogens (tertiary/aromatic N) is 2. The molecule has 0 saturated carbocycles. The van der Waals surface area contributed by atoms with Crippen molar-refractivity contribution in [2.75, 3.05) is 13.7 Å². The first-order chi connectivity index (χ1) is 7.19. The van der Waals surface area contributed by atoms with Gasteiger partial charge in [-0.05, 0) is 19.9 Å². The van der Waals surface area contributed by atoms with Crippen LogP contribution in [0.25, 0.3) is 0 Å². The predicted molar refractivity (Wildman–Crippen MR) is 56.3 cm³/mol. The maximum atomic E-state index is 5.58. The molecule has 0 bridgehead atoms. The zero-order valence-electron chi connectivity index (χ0n) is 9.78. The Balaban J connectivity index is 2.72. The minimum absolute atomic E-state index is 0.0793. The summed E-state index contributed by atoms with van der Waals surface area (Å²) in [5.74, 6) is 1.57. The molecule has 0 fully saturated rings. The second-order valence-corrected chi connectivity index (χ2v) is 3.70. The molecule has 1 atom stereocenters. The summed E-state index contributed by atoms with van der Waals surface area (Å²) in [6.45, 7) is 7.36. The van der Waals surface area contributed by atoms with Gasteiger partial charge in [-0.1, -0.05) is 19.0 Å². The topological polar surface area (TPSA) is 60.2 Å². The SMILES string of the molecule is CCOC(c1noc(CNC)n1)C(C)C. The van der Waals surface area contributed by atoms with Crippen LogP contribution in [0.2, 0.25) is 0 Å². The number of hydrogen-bond donors (Lipinski definition) is 1. The Morgan fingerprint density at radius 3 is 2.73 bits per heavy atom. The third kappa shape index (κ3) is 3.28. The zero-order chi connectivity index (χ0) is 11.3. The molecule has 1 rings (SSSR count). The number of aromatic nitrogens is 2. The molecule has 0 spiro atoms. The molecular formula is C10H19N3O2. The van der Waals surface area contributed by atoms with Gasteiger partial charge >= 0.3 is 0 Å². The molecule has 1 unspecified atom stereocenters. The first-order valence-corrected chi connectivity index (χ1v) is 5.27. The molecule has 0 aliphatic heterocycles. The highest BCUT2D eigenvalue weighted by molar-refractivity contribution is 4.92. The maximum absolute atomic E-state index is 5.58. The van der Waals surface area contributed by atoms with Gasteiger partial charge in [0.15, 0.2) is 0 Å². The predicted octanol–water partition coefficient (Wildman–Crippen LogP) is 1.52. The highest BCUT2D eigenvalue weighted by Crippen LogP contribution is 2.22. The third-order valence-corrected chi connectivity index (χ3v) is 2.02. The Kier molecular flexibility index (Phi) is 4.71. The molecule has 0 amide bonds. The highest BCUT2D eigenvalue weighted by Gasteiger charge is 2.21. The number of nitrogens with one attached hydrogen (secondary N) is 1. The summed E-state index contributed by atoms with van der Waals surface area (Å²) < 4.78 is 10.7. The van der Waals surface area contributed by atoms with E-state index in [1.54, 1.807) is 0 Å². The lowest BCUT2D eigenvalue weighted by Gasteiger charge is -2.16. The van der Waals surface area contributed by atoms with Gasteiger partial charge in [-0.3, -0.25) is 0 Å². The first-order valence-electron chi connectivity index (χ1n) is 5.27. The van der Waals surface area contributed by atoms with Crippen LogP contribution < -0.4 is 5.32 Å². The lowest BCUT2D eigenvalue weighted by Crippen LogP contribution is -2.13. The molecule has 1 aromatic heterocycles. The van der Waals surface area contributed by atoms with Gasteiger partial charge in [-0.2, -0.15) is 4.98 Å². The summed E-state index contributed by atoms with van der Waals surface area (Å²) in [6.07, 6.45) is -0.0793. The van der Waals surface area contributed by atoms with Gasteiger partial charge in [-0.15, -0.1) is 0 Å². The summed E-state index contributed by atoms with van der Waals surface area (Å²) >= 11 is 0. The average Bonchev–Trinajstić information content (AvgIpc) is 2.62. The second kappa shape index (κ2) is 5.82.